The molecule has 148 valence electrons. The summed E-state index contributed by atoms with van der Waals surface area (Å²) < 4.78 is 41.0. The second-order valence-electron chi connectivity index (χ2n) is 5.97. The van der Waals surface area contributed by atoms with Crippen LogP contribution in [0.1, 0.15) is 15.9 Å². The summed E-state index contributed by atoms with van der Waals surface area (Å²) in [5.74, 6) is -0.142. The molecule has 9 heteroatoms. The van der Waals surface area contributed by atoms with Crippen molar-refractivity contribution in [3.05, 3.63) is 53.6 Å². The van der Waals surface area contributed by atoms with E-state index in [4.69, 9.17) is 14.2 Å². The lowest BCUT2D eigenvalue weighted by molar-refractivity contribution is -0.142. The van der Waals surface area contributed by atoms with Crippen LogP contribution in [-0.4, -0.2) is 52.0 Å². The molecule has 0 N–H and O–H groups in total. The van der Waals surface area contributed by atoms with Crippen molar-refractivity contribution in [2.24, 2.45) is 0 Å². The Hall–Kier alpha value is -3.07. The summed E-state index contributed by atoms with van der Waals surface area (Å²) in [7, 11) is -0.904. The number of esters is 1. The SMILES string of the molecule is COc1ccc(CC(=O)OCCN2C(=O)c3ccccc3S2(=O)=O)cc1OC. The van der Waals surface area contributed by atoms with Crippen LogP contribution in [0.5, 0.6) is 11.5 Å². The van der Waals surface area contributed by atoms with E-state index >= 15 is 0 Å². The van der Waals surface area contributed by atoms with E-state index < -0.39 is 21.9 Å². The van der Waals surface area contributed by atoms with Gasteiger partial charge < -0.3 is 14.2 Å². The van der Waals surface area contributed by atoms with E-state index in [0.717, 1.165) is 4.31 Å². The number of hydrogen-bond donors (Lipinski definition) is 0. The molecule has 8 nitrogen and oxygen atoms in total. The maximum atomic E-state index is 12.4. The minimum absolute atomic E-state index is 0.0265. The van der Waals surface area contributed by atoms with Gasteiger partial charge in [-0.2, -0.15) is 0 Å². The Bertz CT molecular complexity index is 1020. The van der Waals surface area contributed by atoms with Gasteiger partial charge in [0.25, 0.3) is 15.9 Å². The highest BCUT2D eigenvalue weighted by Gasteiger charge is 2.40. The van der Waals surface area contributed by atoms with Crippen LogP contribution in [-0.2, 0) is 26.0 Å². The number of nitrogens with zero attached hydrogens (tertiary/aromatic N) is 1. The van der Waals surface area contributed by atoms with Gasteiger partial charge >= 0.3 is 5.97 Å². The Morgan fingerprint density at radius 3 is 2.43 bits per heavy atom. The monoisotopic (exact) mass is 405 g/mol. The molecule has 0 aliphatic carbocycles. The summed E-state index contributed by atoms with van der Waals surface area (Å²) in [6, 6.07) is 11.0. The van der Waals surface area contributed by atoms with Crippen LogP contribution < -0.4 is 9.47 Å². The fourth-order valence-electron chi connectivity index (χ4n) is 2.90. The van der Waals surface area contributed by atoms with Crippen molar-refractivity contribution in [1.82, 2.24) is 4.31 Å². The van der Waals surface area contributed by atoms with E-state index in [-0.39, 0.29) is 30.0 Å². The molecule has 0 radical (unpaired) electrons. The van der Waals surface area contributed by atoms with Crippen LogP contribution in [0, 0.1) is 0 Å². The van der Waals surface area contributed by atoms with Crippen LogP contribution in [0.3, 0.4) is 0 Å². The molecule has 0 saturated heterocycles. The Kier molecular flexibility index (Phi) is 5.55. The number of sulfonamides is 1. The number of carbonyl (C=O) groups is 2. The van der Waals surface area contributed by atoms with Gasteiger partial charge in [-0.1, -0.05) is 18.2 Å². The lowest BCUT2D eigenvalue weighted by Crippen LogP contribution is -2.33. The van der Waals surface area contributed by atoms with Crippen LogP contribution in [0.15, 0.2) is 47.4 Å². The highest BCUT2D eigenvalue weighted by molar-refractivity contribution is 7.90. The normalized spacial score (nSPS) is 14.5. The van der Waals surface area contributed by atoms with Gasteiger partial charge in [-0.3, -0.25) is 9.59 Å². The molecule has 1 amide bonds. The Morgan fingerprint density at radius 1 is 1.04 bits per heavy atom. The van der Waals surface area contributed by atoms with Crippen LogP contribution in [0.4, 0.5) is 0 Å². The molecule has 2 aromatic carbocycles. The third kappa shape index (κ3) is 3.65. The molecule has 0 bridgehead atoms. The standard InChI is InChI=1S/C19H19NO7S/c1-25-15-8-7-13(11-16(15)26-2)12-18(21)27-10-9-20-19(22)14-5-3-4-6-17(14)28(20,23)24/h3-8,11H,9-10,12H2,1-2H3. The van der Waals surface area contributed by atoms with Crippen molar-refractivity contribution in [2.45, 2.75) is 11.3 Å². The third-order valence-electron chi connectivity index (χ3n) is 4.27. The predicted molar refractivity (Wildman–Crippen MR) is 98.9 cm³/mol. The summed E-state index contributed by atoms with van der Waals surface area (Å²) in [6.07, 6.45) is -0.0265. The van der Waals surface area contributed by atoms with E-state index in [2.05, 4.69) is 0 Å². The average Bonchev–Trinajstić information content (AvgIpc) is 2.88. The first-order chi connectivity index (χ1) is 13.4. The summed E-state index contributed by atoms with van der Waals surface area (Å²) >= 11 is 0. The zero-order chi connectivity index (χ0) is 20.3. The fourth-order valence-corrected chi connectivity index (χ4v) is 4.46. The first-order valence-corrected chi connectivity index (χ1v) is 9.85. The van der Waals surface area contributed by atoms with Crippen molar-refractivity contribution in [3.8, 4) is 11.5 Å². The highest BCUT2D eigenvalue weighted by atomic mass is 32.2. The number of ether oxygens (including phenoxy) is 3. The van der Waals surface area contributed by atoms with Gasteiger partial charge in [0.15, 0.2) is 11.5 Å². The van der Waals surface area contributed by atoms with E-state index in [1.165, 1.54) is 26.4 Å². The second kappa shape index (κ2) is 7.89. The first-order valence-electron chi connectivity index (χ1n) is 8.41. The van der Waals surface area contributed by atoms with Gasteiger partial charge in [0.05, 0.1) is 32.7 Å². The summed E-state index contributed by atoms with van der Waals surface area (Å²) in [5, 5.41) is 0. The molecule has 0 fully saturated rings. The average molecular weight is 405 g/mol. The van der Waals surface area contributed by atoms with Gasteiger partial charge in [0, 0.05) is 0 Å². The van der Waals surface area contributed by atoms with Gasteiger partial charge in [-0.15, -0.1) is 0 Å². The van der Waals surface area contributed by atoms with Crippen molar-refractivity contribution in [1.29, 1.82) is 0 Å². The van der Waals surface area contributed by atoms with Crippen molar-refractivity contribution in [3.63, 3.8) is 0 Å². The number of amides is 1. The fraction of sp³-hybridized carbons (Fsp3) is 0.263. The first kappa shape index (κ1) is 19.7. The molecular weight excluding hydrogens is 386 g/mol. The van der Waals surface area contributed by atoms with Crippen LogP contribution >= 0.6 is 0 Å². The molecule has 2 aromatic rings. The Labute approximate surface area is 162 Å². The lowest BCUT2D eigenvalue weighted by Gasteiger charge is -2.15. The van der Waals surface area contributed by atoms with Crippen molar-refractivity contribution < 1.29 is 32.2 Å². The number of methoxy groups -OCH3 is 2. The maximum Gasteiger partial charge on any atom is 0.310 e. The molecule has 1 aliphatic rings. The largest absolute Gasteiger partial charge is 0.493 e. The highest BCUT2D eigenvalue weighted by Crippen LogP contribution is 2.30. The smallest absolute Gasteiger partial charge is 0.310 e. The number of carbonyl (C=O) groups excluding carboxylic acids is 2. The molecule has 1 heterocycles. The third-order valence-corrected chi connectivity index (χ3v) is 6.11. The molecule has 1 aliphatic heterocycles. The van der Waals surface area contributed by atoms with E-state index in [0.29, 0.717) is 17.1 Å². The van der Waals surface area contributed by atoms with E-state index in [9.17, 15) is 18.0 Å². The Balaban J connectivity index is 1.59. The molecule has 0 atom stereocenters. The predicted octanol–water partition coefficient (Wildman–Crippen LogP) is 1.63. The lowest BCUT2D eigenvalue weighted by atomic mass is 10.1. The minimum atomic E-state index is -3.91. The molecule has 0 spiro atoms. The second-order valence-corrected chi connectivity index (χ2v) is 7.80. The number of benzene rings is 2. The van der Waals surface area contributed by atoms with E-state index in [1.54, 1.807) is 30.3 Å². The molecule has 3 rings (SSSR count). The number of fused-ring (bicyclic) bond motifs is 1. The molecule has 0 aromatic heterocycles. The quantitative estimate of drug-likeness (QED) is 0.646. The zero-order valence-corrected chi connectivity index (χ0v) is 16.2. The van der Waals surface area contributed by atoms with Crippen LogP contribution in [0.25, 0.3) is 0 Å². The molecule has 0 saturated carbocycles. The van der Waals surface area contributed by atoms with E-state index in [1.807, 2.05) is 0 Å². The summed E-state index contributed by atoms with van der Waals surface area (Å²) in [6.45, 7) is -0.474. The Morgan fingerprint density at radius 2 is 1.75 bits per heavy atom. The summed E-state index contributed by atoms with van der Waals surface area (Å²) in [4.78, 5) is 24.3. The minimum Gasteiger partial charge on any atom is -0.493 e. The molecule has 0 unspecified atom stereocenters. The molecular formula is C19H19NO7S. The maximum absolute atomic E-state index is 12.4. The van der Waals surface area contributed by atoms with Gasteiger partial charge in [-0.05, 0) is 29.8 Å². The van der Waals surface area contributed by atoms with Crippen molar-refractivity contribution >= 4 is 21.9 Å². The van der Waals surface area contributed by atoms with Gasteiger partial charge in [0.2, 0.25) is 0 Å². The van der Waals surface area contributed by atoms with Crippen molar-refractivity contribution in [2.75, 3.05) is 27.4 Å². The van der Waals surface area contributed by atoms with Crippen LogP contribution in [0.2, 0.25) is 0 Å². The number of hydrogen-bond acceptors (Lipinski definition) is 7. The van der Waals surface area contributed by atoms with Gasteiger partial charge in [-0.25, -0.2) is 12.7 Å². The zero-order valence-electron chi connectivity index (χ0n) is 15.4. The molecule has 28 heavy (non-hydrogen) atoms. The van der Waals surface area contributed by atoms with Gasteiger partial charge in [0.1, 0.15) is 11.5 Å². The number of rotatable bonds is 7. The summed E-state index contributed by atoms with van der Waals surface area (Å²) in [5.41, 5.74) is 0.777. The topological polar surface area (TPSA) is 99.2 Å².